The van der Waals surface area contributed by atoms with Crippen molar-refractivity contribution in [3.05, 3.63) is 28.0 Å². The molecule has 0 atom stereocenters. The first kappa shape index (κ1) is 13.3. The van der Waals surface area contributed by atoms with E-state index in [-0.39, 0.29) is 11.9 Å². The number of rotatable bonds is 2. The Labute approximate surface area is 114 Å². The van der Waals surface area contributed by atoms with E-state index < -0.39 is 0 Å². The van der Waals surface area contributed by atoms with E-state index in [9.17, 15) is 4.39 Å². The van der Waals surface area contributed by atoms with Crippen LogP contribution in [0.25, 0.3) is 0 Å². The van der Waals surface area contributed by atoms with E-state index in [1.54, 1.807) is 13.2 Å². The van der Waals surface area contributed by atoms with Crippen LogP contribution in [0.4, 0.5) is 10.1 Å². The molecular formula is C13H14BrFN2O. The monoisotopic (exact) mass is 312 g/mol. The minimum atomic E-state index is -0.342. The quantitative estimate of drug-likeness (QED) is 0.842. The van der Waals surface area contributed by atoms with E-state index in [1.807, 2.05) is 11.0 Å². The highest BCUT2D eigenvalue weighted by molar-refractivity contribution is 9.10. The first-order chi connectivity index (χ1) is 8.65. The van der Waals surface area contributed by atoms with Gasteiger partial charge in [-0.3, -0.25) is 0 Å². The molecule has 3 nitrogen and oxygen atoms in total. The SMILES string of the molecule is COC1CCN(c2cc(Br)c(C#N)cc2F)CC1. The summed E-state index contributed by atoms with van der Waals surface area (Å²) < 4.78 is 19.9. The highest BCUT2D eigenvalue weighted by Crippen LogP contribution is 2.29. The maximum Gasteiger partial charge on any atom is 0.147 e. The fourth-order valence-corrected chi connectivity index (χ4v) is 2.62. The smallest absolute Gasteiger partial charge is 0.147 e. The van der Waals surface area contributed by atoms with Crippen LogP contribution in [-0.4, -0.2) is 26.3 Å². The summed E-state index contributed by atoms with van der Waals surface area (Å²) in [5.74, 6) is -0.342. The van der Waals surface area contributed by atoms with Crippen molar-refractivity contribution in [1.82, 2.24) is 0 Å². The minimum Gasteiger partial charge on any atom is -0.381 e. The second-order valence-corrected chi connectivity index (χ2v) is 5.17. The summed E-state index contributed by atoms with van der Waals surface area (Å²) in [5.41, 5.74) is 0.874. The van der Waals surface area contributed by atoms with Gasteiger partial charge in [0, 0.05) is 24.7 Å². The van der Waals surface area contributed by atoms with Gasteiger partial charge in [0.05, 0.1) is 17.4 Å². The zero-order chi connectivity index (χ0) is 13.1. The first-order valence-electron chi connectivity index (χ1n) is 5.82. The molecule has 0 aliphatic carbocycles. The number of nitrogens with zero attached hydrogens (tertiary/aromatic N) is 2. The van der Waals surface area contributed by atoms with Crippen LogP contribution in [0.15, 0.2) is 16.6 Å². The number of halogens is 2. The number of nitriles is 1. The van der Waals surface area contributed by atoms with Crippen molar-refractivity contribution in [1.29, 1.82) is 5.26 Å². The molecule has 1 aromatic rings. The maximum absolute atomic E-state index is 13.9. The Kier molecular flexibility index (Phi) is 4.20. The molecule has 1 saturated heterocycles. The molecule has 0 amide bonds. The van der Waals surface area contributed by atoms with Crippen molar-refractivity contribution in [2.75, 3.05) is 25.1 Å². The van der Waals surface area contributed by atoms with E-state index in [0.717, 1.165) is 25.9 Å². The fraction of sp³-hybridized carbons (Fsp3) is 0.462. The summed E-state index contributed by atoms with van der Waals surface area (Å²) in [6.07, 6.45) is 2.06. The third-order valence-corrected chi connectivity index (χ3v) is 3.93. The number of hydrogen-bond acceptors (Lipinski definition) is 3. The third kappa shape index (κ3) is 2.65. The Bertz CT molecular complexity index is 479. The number of benzene rings is 1. The molecule has 0 aromatic heterocycles. The predicted molar refractivity (Wildman–Crippen MR) is 71.1 cm³/mol. The lowest BCUT2D eigenvalue weighted by Gasteiger charge is -2.33. The summed E-state index contributed by atoms with van der Waals surface area (Å²) in [4.78, 5) is 2.00. The predicted octanol–water partition coefficient (Wildman–Crippen LogP) is 3.08. The van der Waals surface area contributed by atoms with Gasteiger partial charge >= 0.3 is 0 Å². The van der Waals surface area contributed by atoms with Gasteiger partial charge < -0.3 is 9.64 Å². The van der Waals surface area contributed by atoms with Crippen LogP contribution in [0, 0.1) is 17.1 Å². The summed E-state index contributed by atoms with van der Waals surface area (Å²) in [5, 5.41) is 8.83. The average Bonchev–Trinajstić information content (AvgIpc) is 2.41. The van der Waals surface area contributed by atoms with Crippen LogP contribution < -0.4 is 4.90 Å². The van der Waals surface area contributed by atoms with Crippen LogP contribution >= 0.6 is 15.9 Å². The van der Waals surface area contributed by atoms with Gasteiger partial charge in [0.1, 0.15) is 11.9 Å². The first-order valence-corrected chi connectivity index (χ1v) is 6.62. The lowest BCUT2D eigenvalue weighted by Crippen LogP contribution is -2.37. The molecule has 0 bridgehead atoms. The van der Waals surface area contributed by atoms with Gasteiger partial charge in [0.2, 0.25) is 0 Å². The topological polar surface area (TPSA) is 36.3 Å². The van der Waals surface area contributed by atoms with Crippen molar-refractivity contribution in [2.45, 2.75) is 18.9 Å². The van der Waals surface area contributed by atoms with Crippen LogP contribution in [0.1, 0.15) is 18.4 Å². The lowest BCUT2D eigenvalue weighted by molar-refractivity contribution is 0.0818. The Morgan fingerprint density at radius 2 is 2.11 bits per heavy atom. The second-order valence-electron chi connectivity index (χ2n) is 4.32. The third-order valence-electron chi connectivity index (χ3n) is 3.27. The van der Waals surface area contributed by atoms with Crippen LogP contribution in [0.2, 0.25) is 0 Å². The molecule has 0 N–H and O–H groups in total. The maximum atomic E-state index is 13.9. The highest BCUT2D eigenvalue weighted by atomic mass is 79.9. The molecule has 1 heterocycles. The van der Waals surface area contributed by atoms with E-state index in [4.69, 9.17) is 10.00 Å². The molecule has 18 heavy (non-hydrogen) atoms. The number of ether oxygens (including phenoxy) is 1. The molecule has 1 aliphatic rings. The van der Waals surface area contributed by atoms with Crippen molar-refractivity contribution >= 4 is 21.6 Å². The van der Waals surface area contributed by atoms with Crippen LogP contribution in [0.3, 0.4) is 0 Å². The largest absolute Gasteiger partial charge is 0.381 e. The number of anilines is 1. The van der Waals surface area contributed by atoms with Gasteiger partial charge in [-0.05, 0) is 40.9 Å². The number of methoxy groups -OCH3 is 1. The zero-order valence-corrected chi connectivity index (χ0v) is 11.7. The van der Waals surface area contributed by atoms with Crippen molar-refractivity contribution in [2.24, 2.45) is 0 Å². The molecule has 2 rings (SSSR count). The summed E-state index contributed by atoms with van der Waals surface area (Å²) in [7, 11) is 1.71. The van der Waals surface area contributed by atoms with E-state index >= 15 is 0 Å². The van der Waals surface area contributed by atoms with Crippen LogP contribution in [0.5, 0.6) is 0 Å². The molecular weight excluding hydrogens is 299 g/mol. The van der Waals surface area contributed by atoms with Crippen molar-refractivity contribution in [3.8, 4) is 6.07 Å². The summed E-state index contributed by atoms with van der Waals surface area (Å²) >= 11 is 3.29. The van der Waals surface area contributed by atoms with Gasteiger partial charge in [0.25, 0.3) is 0 Å². The van der Waals surface area contributed by atoms with Gasteiger partial charge in [0.15, 0.2) is 0 Å². The summed E-state index contributed by atoms with van der Waals surface area (Å²) in [6, 6.07) is 4.92. The van der Waals surface area contributed by atoms with Gasteiger partial charge in [-0.25, -0.2) is 4.39 Å². The highest BCUT2D eigenvalue weighted by Gasteiger charge is 2.21. The van der Waals surface area contributed by atoms with E-state index in [2.05, 4.69) is 15.9 Å². The molecule has 1 aliphatic heterocycles. The molecule has 1 fully saturated rings. The zero-order valence-electron chi connectivity index (χ0n) is 10.1. The molecule has 96 valence electrons. The number of piperidine rings is 1. The van der Waals surface area contributed by atoms with E-state index in [0.29, 0.717) is 15.7 Å². The summed E-state index contributed by atoms with van der Waals surface area (Å²) in [6.45, 7) is 1.54. The van der Waals surface area contributed by atoms with Gasteiger partial charge in [-0.2, -0.15) is 5.26 Å². The Morgan fingerprint density at radius 1 is 1.44 bits per heavy atom. The molecule has 0 spiro atoms. The van der Waals surface area contributed by atoms with E-state index in [1.165, 1.54) is 6.07 Å². The van der Waals surface area contributed by atoms with Gasteiger partial charge in [-0.1, -0.05) is 0 Å². The molecule has 0 unspecified atom stereocenters. The molecule has 0 radical (unpaired) electrons. The van der Waals surface area contributed by atoms with Crippen LogP contribution in [-0.2, 0) is 4.74 Å². The molecule has 1 aromatic carbocycles. The fourth-order valence-electron chi connectivity index (χ4n) is 2.20. The Hall–Kier alpha value is -1.12. The second kappa shape index (κ2) is 5.68. The van der Waals surface area contributed by atoms with Crippen molar-refractivity contribution < 1.29 is 9.13 Å². The Morgan fingerprint density at radius 3 is 2.67 bits per heavy atom. The average molecular weight is 313 g/mol. The number of hydrogen-bond donors (Lipinski definition) is 0. The molecule has 0 saturated carbocycles. The standard InChI is InChI=1S/C13H14BrFN2O/c1-18-10-2-4-17(5-3-10)13-7-11(14)9(8-16)6-12(13)15/h6-7,10H,2-5H2,1H3. The Balaban J connectivity index is 2.20. The lowest BCUT2D eigenvalue weighted by atomic mass is 10.1. The molecule has 5 heteroatoms. The van der Waals surface area contributed by atoms with Gasteiger partial charge in [-0.15, -0.1) is 0 Å². The normalized spacial score (nSPS) is 16.7. The van der Waals surface area contributed by atoms with Crippen molar-refractivity contribution in [3.63, 3.8) is 0 Å². The minimum absolute atomic E-state index is 0.270.